The molecule has 0 amide bonds. The molecule has 3 aliphatic heterocycles. The van der Waals surface area contributed by atoms with Crippen molar-refractivity contribution in [1.82, 2.24) is 4.57 Å². The van der Waals surface area contributed by atoms with E-state index in [-0.39, 0.29) is 45.1 Å². The summed E-state index contributed by atoms with van der Waals surface area (Å²) < 4.78 is 18.1. The smallest absolute Gasteiger partial charge is 0.273 e. The fraction of sp³-hybridized carbons (Fsp3) is 0.300. The third-order valence-electron chi connectivity index (χ3n) is 21.4. The predicted molar refractivity (Wildman–Crippen MR) is 363 cm³/mol. The van der Waals surface area contributed by atoms with Crippen molar-refractivity contribution < 1.29 is 4.39 Å². The lowest BCUT2D eigenvalue weighted by atomic mass is 9.34. The number of para-hydroxylation sites is 1. The lowest BCUT2D eigenvalue weighted by Crippen LogP contribution is -2.63. The molecule has 15 rings (SSSR count). The molecule has 0 bridgehead atoms. The zero-order valence-electron chi connectivity index (χ0n) is 52.5. The van der Waals surface area contributed by atoms with Crippen LogP contribution in [0.15, 0.2) is 194 Å². The van der Waals surface area contributed by atoms with Gasteiger partial charge in [0.25, 0.3) is 6.71 Å². The molecule has 4 nitrogen and oxygen atoms in total. The van der Waals surface area contributed by atoms with Crippen LogP contribution in [0.4, 0.5) is 49.9 Å². The van der Waals surface area contributed by atoms with Crippen LogP contribution in [0, 0.1) is 11.2 Å². The summed E-state index contributed by atoms with van der Waals surface area (Å²) in [5, 5.41) is 1.21. The molecule has 2 aliphatic carbocycles. The molecule has 6 heteroatoms. The van der Waals surface area contributed by atoms with Gasteiger partial charge in [0.2, 0.25) is 0 Å². The van der Waals surface area contributed by atoms with E-state index in [1.807, 2.05) is 12.1 Å². The zero-order chi connectivity index (χ0) is 59.6. The fourth-order valence-electron chi connectivity index (χ4n) is 16.5. The van der Waals surface area contributed by atoms with E-state index in [1.165, 1.54) is 108 Å². The van der Waals surface area contributed by atoms with Crippen molar-refractivity contribution in [2.24, 2.45) is 5.41 Å². The monoisotopic (exact) mass is 1130 g/mol. The minimum absolute atomic E-state index is 0.0515. The zero-order valence-corrected chi connectivity index (χ0v) is 52.5. The maximum Gasteiger partial charge on any atom is 0.273 e. The third-order valence-corrected chi connectivity index (χ3v) is 21.4. The van der Waals surface area contributed by atoms with Crippen LogP contribution in [-0.2, 0) is 34.5 Å². The molecule has 5 aliphatic rings. The molecule has 4 heterocycles. The summed E-state index contributed by atoms with van der Waals surface area (Å²) >= 11 is 0. The minimum atomic E-state index is -0.349. The number of hydrogen-bond donors (Lipinski definition) is 0. The summed E-state index contributed by atoms with van der Waals surface area (Å²) in [6.45, 7) is 28.4. The van der Waals surface area contributed by atoms with Crippen LogP contribution in [0.5, 0.6) is 0 Å². The lowest BCUT2D eigenvalue weighted by Gasteiger charge is -2.51. The van der Waals surface area contributed by atoms with Crippen LogP contribution in [0.2, 0.25) is 0 Å². The number of anilines is 8. The fourth-order valence-corrected chi connectivity index (χ4v) is 16.5. The highest BCUT2D eigenvalue weighted by Crippen LogP contribution is 2.62. The average Bonchev–Trinajstić information content (AvgIpc) is 1.37. The van der Waals surface area contributed by atoms with Crippen molar-refractivity contribution in [3.8, 4) is 16.8 Å². The van der Waals surface area contributed by atoms with E-state index in [2.05, 4.69) is 272 Å². The Morgan fingerprint density at radius 2 is 1.08 bits per heavy atom. The van der Waals surface area contributed by atoms with E-state index in [0.29, 0.717) is 0 Å². The van der Waals surface area contributed by atoms with E-state index in [1.54, 1.807) is 12.1 Å². The van der Waals surface area contributed by atoms with Crippen LogP contribution in [0.3, 0.4) is 0 Å². The van der Waals surface area contributed by atoms with Gasteiger partial charge >= 0.3 is 0 Å². The predicted octanol–water partition coefficient (Wildman–Crippen LogP) is 19.3. The SMILES string of the molecule is CC1(C)Cc2cc3c4c(n(-c5ccc(F)cc5)c3cc2C1)B1c2ccc(C(C)(C)c3ccccc3)cc2N(c2ccc(C(C)(C)C)cc2-c2ccccc2)c2cc(N3c5ccccc5C5(C)CCCCC35C)cc(c21)N4c1ccc(C(C)(C)C)cc1. The molecule has 9 aromatic carbocycles. The first-order valence-corrected chi connectivity index (χ1v) is 31.7. The van der Waals surface area contributed by atoms with Gasteiger partial charge in [0.05, 0.1) is 22.4 Å². The summed E-state index contributed by atoms with van der Waals surface area (Å²) in [6, 6.07) is 73.3. The summed E-state index contributed by atoms with van der Waals surface area (Å²) in [4.78, 5) is 8.14. The van der Waals surface area contributed by atoms with Crippen LogP contribution >= 0.6 is 0 Å². The molecule has 0 N–H and O–H groups in total. The molecule has 0 radical (unpaired) electrons. The molecule has 86 heavy (non-hydrogen) atoms. The van der Waals surface area contributed by atoms with Crippen LogP contribution in [0.25, 0.3) is 27.7 Å². The van der Waals surface area contributed by atoms with Gasteiger partial charge in [-0.3, -0.25) is 0 Å². The largest absolute Gasteiger partial charge is 0.334 e. The highest BCUT2D eigenvalue weighted by molar-refractivity contribution is 7.00. The Hall–Kier alpha value is -8.09. The molecule has 1 fully saturated rings. The number of nitrogens with zero attached hydrogens (tertiary/aromatic N) is 4. The van der Waals surface area contributed by atoms with Crippen LogP contribution < -0.4 is 31.2 Å². The summed E-state index contributed by atoms with van der Waals surface area (Å²) in [6.07, 6.45) is 6.61. The van der Waals surface area contributed by atoms with Gasteiger partial charge in [-0.2, -0.15) is 0 Å². The van der Waals surface area contributed by atoms with Gasteiger partial charge in [-0.15, -0.1) is 0 Å². The highest BCUT2D eigenvalue weighted by atomic mass is 19.1. The molecule has 10 aromatic rings. The van der Waals surface area contributed by atoms with Crippen LogP contribution in [0.1, 0.15) is 148 Å². The second-order valence-electron chi connectivity index (χ2n) is 29.8. The van der Waals surface area contributed by atoms with Gasteiger partial charge in [-0.1, -0.05) is 198 Å². The van der Waals surface area contributed by atoms with Crippen molar-refractivity contribution in [2.75, 3.05) is 14.7 Å². The second kappa shape index (κ2) is 19.0. The lowest BCUT2D eigenvalue weighted by molar-refractivity contribution is 0.195. The molecule has 430 valence electrons. The Kier molecular flexibility index (Phi) is 12.0. The molecule has 2 unspecified atom stereocenters. The van der Waals surface area contributed by atoms with Gasteiger partial charge in [0.1, 0.15) is 5.82 Å². The van der Waals surface area contributed by atoms with E-state index >= 15 is 4.39 Å². The van der Waals surface area contributed by atoms with Gasteiger partial charge in [-0.05, 0) is 189 Å². The normalized spacial score (nSPS) is 19.3. The van der Waals surface area contributed by atoms with E-state index in [9.17, 15) is 0 Å². The first-order chi connectivity index (χ1) is 41.0. The third kappa shape index (κ3) is 8.13. The maximum atomic E-state index is 15.5. The van der Waals surface area contributed by atoms with Gasteiger partial charge in [0, 0.05) is 67.2 Å². The van der Waals surface area contributed by atoms with Crippen molar-refractivity contribution in [3.05, 3.63) is 239 Å². The topological polar surface area (TPSA) is 14.7 Å². The van der Waals surface area contributed by atoms with E-state index < -0.39 is 0 Å². The number of aromatic nitrogens is 1. The van der Waals surface area contributed by atoms with Crippen molar-refractivity contribution >= 4 is 79.6 Å². The van der Waals surface area contributed by atoms with Crippen LogP contribution in [-0.4, -0.2) is 16.8 Å². The second-order valence-corrected chi connectivity index (χ2v) is 29.8. The van der Waals surface area contributed by atoms with E-state index in [0.717, 1.165) is 59.6 Å². The van der Waals surface area contributed by atoms with Crippen molar-refractivity contribution in [1.29, 1.82) is 0 Å². The van der Waals surface area contributed by atoms with Crippen molar-refractivity contribution in [2.45, 2.75) is 149 Å². The molecular weight excluding hydrogens is 1050 g/mol. The van der Waals surface area contributed by atoms with Gasteiger partial charge in [0.15, 0.2) is 0 Å². The molecule has 0 spiro atoms. The molecular formula is C80H80BFN4. The van der Waals surface area contributed by atoms with Crippen molar-refractivity contribution in [3.63, 3.8) is 0 Å². The quantitative estimate of drug-likeness (QED) is 0.148. The Labute approximate surface area is 510 Å². The standard InChI is InChI=1S/C80H80BFN4/c1-75(2,3)54-29-35-59(36-30-54)83-70-47-61(86-67-28-20-19-27-64(67)79(11)41-21-22-42-80(79,86)12)48-71-72(70)81(74-73(83)63-43-52-49-77(7,8)50-53(52)44-68(63)84(74)60-37-33-58(82)34-38-60)65-39-31-57(78(9,10)55-25-17-14-18-26-55)46-69(65)85(71)66-40-32-56(76(4,5)6)45-62(66)51-23-15-13-16-24-51/h13-20,23-40,43-48H,21-22,41-42,49-50H2,1-12H3. The summed E-state index contributed by atoms with van der Waals surface area (Å²) in [5.74, 6) is -0.243. The molecule has 1 aromatic heterocycles. The Bertz CT molecular complexity index is 4370. The highest BCUT2D eigenvalue weighted by Gasteiger charge is 2.58. The average molecular weight is 1130 g/mol. The maximum absolute atomic E-state index is 15.5. The number of rotatable bonds is 7. The minimum Gasteiger partial charge on any atom is -0.334 e. The molecule has 1 saturated carbocycles. The summed E-state index contributed by atoms with van der Waals surface area (Å²) in [7, 11) is 0. The summed E-state index contributed by atoms with van der Waals surface area (Å²) in [5.41, 5.74) is 26.3. The molecule has 0 saturated heterocycles. The Morgan fingerprint density at radius 1 is 0.477 bits per heavy atom. The Balaban J connectivity index is 1.13. The number of hydrogen-bond acceptors (Lipinski definition) is 3. The van der Waals surface area contributed by atoms with E-state index in [4.69, 9.17) is 0 Å². The first kappa shape index (κ1) is 54.6. The number of benzene rings is 9. The van der Waals surface area contributed by atoms with Gasteiger partial charge in [-0.25, -0.2) is 4.39 Å². The number of fused-ring (bicyclic) bond motifs is 10. The van der Waals surface area contributed by atoms with Gasteiger partial charge < -0.3 is 19.3 Å². The number of halogens is 1. The molecule has 2 atom stereocenters. The first-order valence-electron chi connectivity index (χ1n) is 31.7. The Morgan fingerprint density at radius 3 is 1.78 bits per heavy atom.